The van der Waals surface area contributed by atoms with Gasteiger partial charge in [0.05, 0.1) is 5.70 Å². The maximum absolute atomic E-state index is 13.9. The summed E-state index contributed by atoms with van der Waals surface area (Å²) in [4.78, 5) is 29.0. The molecule has 0 heterocycles. The van der Waals surface area contributed by atoms with Crippen molar-refractivity contribution in [2.45, 2.75) is 52.2 Å². The summed E-state index contributed by atoms with van der Waals surface area (Å²) in [7, 11) is 0. The number of hydrogen-bond acceptors (Lipinski definition) is 6. The van der Waals surface area contributed by atoms with Gasteiger partial charge in [-0.1, -0.05) is 18.2 Å². The second-order valence-electron chi connectivity index (χ2n) is 9.90. The highest BCUT2D eigenvalue weighted by atomic mass is 19.1. The van der Waals surface area contributed by atoms with Crippen LogP contribution in [-0.2, 0) is 16.1 Å². The Labute approximate surface area is 222 Å². The molecule has 0 aliphatic heterocycles. The van der Waals surface area contributed by atoms with Gasteiger partial charge >= 0.3 is 5.97 Å². The van der Waals surface area contributed by atoms with E-state index >= 15 is 0 Å². The van der Waals surface area contributed by atoms with Gasteiger partial charge in [0.1, 0.15) is 17.7 Å². The van der Waals surface area contributed by atoms with E-state index in [1.807, 2.05) is 19.1 Å². The third-order valence-corrected chi connectivity index (χ3v) is 7.43. The van der Waals surface area contributed by atoms with Crippen LogP contribution in [0, 0.1) is 18.8 Å². The minimum Gasteiger partial charge on any atom is -0.482 e. The Morgan fingerprint density at radius 1 is 1.21 bits per heavy atom. The molecule has 3 unspecified atom stereocenters. The highest BCUT2D eigenvalue weighted by molar-refractivity contribution is 5.97. The van der Waals surface area contributed by atoms with E-state index in [0.29, 0.717) is 23.1 Å². The van der Waals surface area contributed by atoms with Crippen LogP contribution in [0.1, 0.15) is 54.1 Å². The molecule has 8 heteroatoms. The zero-order valence-corrected chi connectivity index (χ0v) is 21.8. The van der Waals surface area contributed by atoms with Crippen molar-refractivity contribution in [3.05, 3.63) is 76.9 Å². The molecule has 7 nitrogen and oxygen atoms in total. The molecule has 2 aromatic rings. The Hall–Kier alpha value is -3.78. The van der Waals surface area contributed by atoms with E-state index in [4.69, 9.17) is 15.2 Å². The van der Waals surface area contributed by atoms with Crippen molar-refractivity contribution in [1.29, 1.82) is 0 Å². The third-order valence-electron chi connectivity index (χ3n) is 7.43. The van der Waals surface area contributed by atoms with E-state index < -0.39 is 11.7 Å². The molecule has 0 aromatic heterocycles. The maximum Gasteiger partial charge on any atom is 0.344 e. The van der Waals surface area contributed by atoms with E-state index in [9.17, 15) is 14.0 Å². The summed E-state index contributed by atoms with van der Waals surface area (Å²) in [5.41, 5.74) is 9.51. The van der Waals surface area contributed by atoms with Crippen molar-refractivity contribution in [3.8, 4) is 16.9 Å². The third kappa shape index (κ3) is 6.19. The standard InChI is InChI=1S/C30H34FN3O4/c1-18-24(5-4-6-27(18)37-17-29(35)38-28-14-20-7-8-21(28)13-20)25-15-22(9-10-23(25)16-32)30(36)34-26(19(2)31)11-12-33-3/h4-6,9-12,15,20-21,28H,3,7-8,13-14,16-17,32H2,1-2H3,(H,34,36). The first-order valence-electron chi connectivity index (χ1n) is 12.9. The Morgan fingerprint density at radius 2 is 2.03 bits per heavy atom. The Balaban J connectivity index is 1.51. The van der Waals surface area contributed by atoms with E-state index in [1.54, 1.807) is 24.3 Å². The van der Waals surface area contributed by atoms with Gasteiger partial charge in [-0.25, -0.2) is 9.18 Å². The minimum atomic E-state index is -0.559. The minimum absolute atomic E-state index is 0.00394. The Morgan fingerprint density at radius 3 is 2.68 bits per heavy atom. The number of rotatable bonds is 10. The highest BCUT2D eigenvalue weighted by Crippen LogP contribution is 2.45. The quantitative estimate of drug-likeness (QED) is 0.249. The molecular formula is C30H34FN3O4. The highest BCUT2D eigenvalue weighted by Gasteiger charge is 2.41. The molecule has 2 aromatic carbocycles. The molecule has 0 saturated heterocycles. The van der Waals surface area contributed by atoms with Gasteiger partial charge in [-0.2, -0.15) is 0 Å². The van der Waals surface area contributed by atoms with Crippen LogP contribution >= 0.6 is 0 Å². The smallest absolute Gasteiger partial charge is 0.344 e. The number of nitrogens with two attached hydrogens (primary N) is 1. The van der Waals surface area contributed by atoms with Crippen LogP contribution in [0.3, 0.4) is 0 Å². The van der Waals surface area contributed by atoms with Gasteiger partial charge in [-0.3, -0.25) is 9.79 Å². The van der Waals surface area contributed by atoms with Crippen molar-refractivity contribution in [3.63, 3.8) is 0 Å². The van der Waals surface area contributed by atoms with Crippen LogP contribution in [0.5, 0.6) is 5.75 Å². The monoisotopic (exact) mass is 519 g/mol. The van der Waals surface area contributed by atoms with Crippen LogP contribution in [0.2, 0.25) is 0 Å². The van der Waals surface area contributed by atoms with Gasteiger partial charge < -0.3 is 20.5 Å². The number of halogens is 1. The number of nitrogens with zero attached hydrogens (tertiary/aromatic N) is 1. The Bertz CT molecular complexity index is 1280. The SMILES string of the molecule is C=NC=CC(NC(=O)c1ccc(CN)c(-c2cccc(OCC(=O)OC3CC4CCC3C4)c2C)c1)=C(C)F. The van der Waals surface area contributed by atoms with Crippen LogP contribution in [-0.4, -0.2) is 31.3 Å². The molecule has 2 fully saturated rings. The summed E-state index contributed by atoms with van der Waals surface area (Å²) >= 11 is 0. The summed E-state index contributed by atoms with van der Waals surface area (Å²) in [5.74, 6) is 0.326. The maximum atomic E-state index is 13.9. The van der Waals surface area contributed by atoms with Crippen LogP contribution < -0.4 is 15.8 Å². The van der Waals surface area contributed by atoms with Gasteiger partial charge in [0.25, 0.3) is 5.91 Å². The molecule has 1 amide bonds. The average molecular weight is 520 g/mol. The van der Waals surface area contributed by atoms with Crippen molar-refractivity contribution < 1.29 is 23.5 Å². The van der Waals surface area contributed by atoms with E-state index in [-0.39, 0.29) is 30.9 Å². The lowest BCUT2D eigenvalue weighted by molar-refractivity contribution is -0.153. The fraction of sp³-hybridized carbons (Fsp3) is 0.367. The number of nitrogens with one attached hydrogen (secondary N) is 1. The first-order valence-corrected chi connectivity index (χ1v) is 12.9. The molecule has 3 N–H and O–H groups in total. The number of carbonyl (C=O) groups is 2. The van der Waals surface area contributed by atoms with Gasteiger partial charge in [0.2, 0.25) is 0 Å². The van der Waals surface area contributed by atoms with Gasteiger partial charge in [0, 0.05) is 18.3 Å². The number of esters is 1. The first-order chi connectivity index (χ1) is 18.3. The van der Waals surface area contributed by atoms with Gasteiger partial charge in [0.15, 0.2) is 6.61 Å². The molecule has 200 valence electrons. The van der Waals surface area contributed by atoms with Crippen molar-refractivity contribution in [2.24, 2.45) is 22.6 Å². The van der Waals surface area contributed by atoms with E-state index in [2.05, 4.69) is 17.0 Å². The second-order valence-corrected chi connectivity index (χ2v) is 9.90. The number of allylic oxidation sites excluding steroid dienone is 2. The lowest BCUT2D eigenvalue weighted by Gasteiger charge is -2.22. The topological polar surface area (TPSA) is 103 Å². The molecule has 2 aliphatic carbocycles. The zero-order valence-electron chi connectivity index (χ0n) is 21.8. The van der Waals surface area contributed by atoms with E-state index in [1.165, 1.54) is 25.6 Å². The number of hydrogen-bond donors (Lipinski definition) is 2. The molecule has 3 atom stereocenters. The summed E-state index contributed by atoms with van der Waals surface area (Å²) in [6.07, 6.45) is 7.14. The lowest BCUT2D eigenvalue weighted by Crippen LogP contribution is -2.27. The Kier molecular flexibility index (Phi) is 8.73. The fourth-order valence-corrected chi connectivity index (χ4v) is 5.44. The number of aliphatic imine (C=N–C) groups is 1. The molecule has 2 saturated carbocycles. The zero-order chi connectivity index (χ0) is 27.2. The number of amides is 1. The summed E-state index contributed by atoms with van der Waals surface area (Å²) in [5, 5.41) is 2.57. The van der Waals surface area contributed by atoms with Crippen LogP contribution in [0.25, 0.3) is 11.1 Å². The second kappa shape index (κ2) is 12.2. The number of fused-ring (bicyclic) bond motifs is 2. The number of benzene rings is 2. The lowest BCUT2D eigenvalue weighted by atomic mass is 9.93. The fourth-order valence-electron chi connectivity index (χ4n) is 5.44. The van der Waals surface area contributed by atoms with Crippen molar-refractivity contribution in [2.75, 3.05) is 6.61 Å². The average Bonchev–Trinajstić information content (AvgIpc) is 3.53. The van der Waals surface area contributed by atoms with E-state index in [0.717, 1.165) is 41.5 Å². The van der Waals surface area contributed by atoms with Crippen molar-refractivity contribution >= 4 is 18.6 Å². The molecule has 4 rings (SSSR count). The first kappa shape index (κ1) is 27.3. The van der Waals surface area contributed by atoms with Gasteiger partial charge in [-0.05, 0) is 105 Å². The number of carbonyl (C=O) groups excluding carboxylic acids is 2. The molecule has 0 spiro atoms. The molecule has 2 aliphatic rings. The van der Waals surface area contributed by atoms with Gasteiger partial charge in [-0.15, -0.1) is 0 Å². The predicted octanol–water partition coefficient (Wildman–Crippen LogP) is 5.38. The summed E-state index contributed by atoms with van der Waals surface area (Å²) < 4.78 is 25.5. The number of ether oxygens (including phenoxy) is 2. The molecule has 2 bridgehead atoms. The molecule has 0 radical (unpaired) electrons. The van der Waals surface area contributed by atoms with Crippen molar-refractivity contribution in [1.82, 2.24) is 5.32 Å². The molecular weight excluding hydrogens is 485 g/mol. The molecule has 38 heavy (non-hydrogen) atoms. The normalized spacial score (nSPS) is 20.8. The summed E-state index contributed by atoms with van der Waals surface area (Å²) in [6, 6.07) is 10.7. The predicted molar refractivity (Wildman–Crippen MR) is 145 cm³/mol. The van der Waals surface area contributed by atoms with Crippen LogP contribution in [0.15, 0.2) is 65.2 Å². The van der Waals surface area contributed by atoms with Crippen LogP contribution in [0.4, 0.5) is 4.39 Å². The summed E-state index contributed by atoms with van der Waals surface area (Å²) in [6.45, 7) is 6.53. The largest absolute Gasteiger partial charge is 0.482 e.